The Morgan fingerprint density at radius 1 is 1.06 bits per heavy atom. The van der Waals surface area contributed by atoms with E-state index < -0.39 is 10.0 Å². The molecule has 5 heteroatoms. The van der Waals surface area contributed by atoms with Gasteiger partial charge in [0.15, 0.2) is 0 Å². The molecule has 0 aliphatic rings. The molecule has 2 rings (SSSR count). The normalized spacial score (nSPS) is 11.2. The van der Waals surface area contributed by atoms with Crippen LogP contribution in [0.2, 0.25) is 0 Å². The van der Waals surface area contributed by atoms with E-state index in [1.807, 2.05) is 29.6 Å². The van der Waals surface area contributed by atoms with Crippen LogP contribution < -0.4 is 4.72 Å². The minimum atomic E-state index is -3.30. The van der Waals surface area contributed by atoms with E-state index in [1.54, 1.807) is 18.2 Å². The molecule has 0 unspecified atom stereocenters. The lowest BCUT2D eigenvalue weighted by molar-refractivity contribution is 0.600. The van der Waals surface area contributed by atoms with Crippen molar-refractivity contribution < 1.29 is 8.42 Å². The van der Waals surface area contributed by atoms with Crippen LogP contribution in [-0.4, -0.2) is 8.42 Å². The molecule has 0 atom stereocenters. The van der Waals surface area contributed by atoms with Gasteiger partial charge >= 0.3 is 0 Å². The van der Waals surface area contributed by atoms with Crippen molar-refractivity contribution in [2.75, 3.05) is 4.72 Å². The van der Waals surface area contributed by atoms with E-state index in [4.69, 9.17) is 0 Å². The summed E-state index contributed by atoms with van der Waals surface area (Å²) in [5, 5.41) is 2.48. The number of hydrogen-bond acceptors (Lipinski definition) is 3. The number of anilines is 1. The Balaban J connectivity index is 2.09. The van der Waals surface area contributed by atoms with Crippen LogP contribution in [0.15, 0.2) is 47.8 Å². The minimum Gasteiger partial charge on any atom is -0.274 e. The quantitative estimate of drug-likeness (QED) is 0.910. The maximum absolute atomic E-state index is 11.8. The second-order valence-electron chi connectivity index (χ2n) is 3.32. The summed E-state index contributed by atoms with van der Waals surface area (Å²) in [5.74, 6) is 0.00569. The molecule has 1 aromatic carbocycles. The van der Waals surface area contributed by atoms with Crippen LogP contribution in [0.25, 0.3) is 0 Å². The van der Waals surface area contributed by atoms with Crippen molar-refractivity contribution in [3.8, 4) is 0 Å². The molecule has 0 saturated carbocycles. The van der Waals surface area contributed by atoms with Crippen LogP contribution in [0, 0.1) is 0 Å². The van der Waals surface area contributed by atoms with E-state index in [-0.39, 0.29) is 5.75 Å². The lowest BCUT2D eigenvalue weighted by Gasteiger charge is -2.05. The first-order valence-corrected chi connectivity index (χ1v) is 7.27. The number of benzene rings is 1. The van der Waals surface area contributed by atoms with Crippen molar-refractivity contribution in [3.63, 3.8) is 0 Å². The molecule has 0 saturated heterocycles. The van der Waals surface area contributed by atoms with Crippen molar-refractivity contribution in [2.24, 2.45) is 0 Å². The molecule has 0 radical (unpaired) electrons. The van der Waals surface area contributed by atoms with Gasteiger partial charge in [0.1, 0.15) is 5.00 Å². The smallest absolute Gasteiger partial charge is 0.237 e. The van der Waals surface area contributed by atoms with E-state index in [0.717, 1.165) is 5.56 Å². The lowest BCUT2D eigenvalue weighted by Crippen LogP contribution is -2.14. The van der Waals surface area contributed by atoms with E-state index in [0.29, 0.717) is 5.00 Å². The maximum Gasteiger partial charge on any atom is 0.237 e. The monoisotopic (exact) mass is 253 g/mol. The molecule has 0 spiro atoms. The van der Waals surface area contributed by atoms with Gasteiger partial charge in [0.2, 0.25) is 10.0 Å². The van der Waals surface area contributed by atoms with E-state index >= 15 is 0 Å². The number of thiophene rings is 1. The van der Waals surface area contributed by atoms with Gasteiger partial charge in [-0.1, -0.05) is 30.3 Å². The van der Waals surface area contributed by atoms with Crippen molar-refractivity contribution in [3.05, 3.63) is 53.4 Å². The SMILES string of the molecule is O=S(=O)(Cc1ccccc1)Nc1cccs1. The van der Waals surface area contributed by atoms with E-state index in [2.05, 4.69) is 4.72 Å². The van der Waals surface area contributed by atoms with Crippen LogP contribution in [-0.2, 0) is 15.8 Å². The van der Waals surface area contributed by atoms with Crippen LogP contribution in [0.3, 0.4) is 0 Å². The highest BCUT2D eigenvalue weighted by atomic mass is 32.2. The zero-order valence-corrected chi connectivity index (χ0v) is 10.1. The van der Waals surface area contributed by atoms with Crippen LogP contribution >= 0.6 is 11.3 Å². The molecule has 0 aliphatic carbocycles. The first-order chi connectivity index (χ1) is 7.66. The highest BCUT2D eigenvalue weighted by molar-refractivity contribution is 7.92. The van der Waals surface area contributed by atoms with Gasteiger partial charge < -0.3 is 0 Å². The summed E-state index contributed by atoms with van der Waals surface area (Å²) in [6.45, 7) is 0. The molecule has 3 nitrogen and oxygen atoms in total. The topological polar surface area (TPSA) is 46.2 Å². The summed E-state index contributed by atoms with van der Waals surface area (Å²) in [7, 11) is -3.30. The Morgan fingerprint density at radius 3 is 2.44 bits per heavy atom. The number of sulfonamides is 1. The predicted molar refractivity (Wildman–Crippen MR) is 67.0 cm³/mol. The highest BCUT2D eigenvalue weighted by Gasteiger charge is 2.11. The van der Waals surface area contributed by atoms with Gasteiger partial charge in [-0.25, -0.2) is 8.42 Å². The van der Waals surface area contributed by atoms with Crippen molar-refractivity contribution in [1.29, 1.82) is 0 Å². The van der Waals surface area contributed by atoms with Gasteiger partial charge in [0, 0.05) is 0 Å². The zero-order chi connectivity index (χ0) is 11.4. The second-order valence-corrected chi connectivity index (χ2v) is 5.99. The first kappa shape index (κ1) is 11.2. The van der Waals surface area contributed by atoms with Crippen molar-refractivity contribution in [2.45, 2.75) is 5.75 Å². The van der Waals surface area contributed by atoms with Gasteiger partial charge in [-0.3, -0.25) is 4.72 Å². The Hall–Kier alpha value is -1.33. The third kappa shape index (κ3) is 3.08. The zero-order valence-electron chi connectivity index (χ0n) is 8.46. The summed E-state index contributed by atoms with van der Waals surface area (Å²) >= 11 is 1.37. The largest absolute Gasteiger partial charge is 0.274 e. The Morgan fingerprint density at radius 2 is 1.81 bits per heavy atom. The Kier molecular flexibility index (Phi) is 3.26. The lowest BCUT2D eigenvalue weighted by atomic mass is 10.2. The highest BCUT2D eigenvalue weighted by Crippen LogP contribution is 2.18. The number of rotatable bonds is 4. The molecular formula is C11H11NO2S2. The van der Waals surface area contributed by atoms with E-state index in [1.165, 1.54) is 11.3 Å². The number of nitrogens with one attached hydrogen (secondary N) is 1. The molecule has 1 heterocycles. The maximum atomic E-state index is 11.8. The molecular weight excluding hydrogens is 242 g/mol. The van der Waals surface area contributed by atoms with Gasteiger partial charge in [0.25, 0.3) is 0 Å². The molecule has 2 aromatic rings. The van der Waals surface area contributed by atoms with Gasteiger partial charge in [-0.15, -0.1) is 11.3 Å². The number of hydrogen-bond donors (Lipinski definition) is 1. The molecule has 1 aromatic heterocycles. The average Bonchev–Trinajstić information content (AvgIpc) is 2.70. The van der Waals surface area contributed by atoms with Crippen molar-refractivity contribution in [1.82, 2.24) is 0 Å². The third-order valence-corrected chi connectivity index (χ3v) is 4.14. The molecule has 0 fully saturated rings. The minimum absolute atomic E-state index is 0.00569. The van der Waals surface area contributed by atoms with Crippen LogP contribution in [0.5, 0.6) is 0 Å². The van der Waals surface area contributed by atoms with Crippen LogP contribution in [0.1, 0.15) is 5.56 Å². The predicted octanol–water partition coefficient (Wildman–Crippen LogP) is 2.69. The fourth-order valence-electron chi connectivity index (χ4n) is 1.32. The summed E-state index contributed by atoms with van der Waals surface area (Å²) in [6.07, 6.45) is 0. The fraction of sp³-hybridized carbons (Fsp3) is 0.0909. The average molecular weight is 253 g/mol. The standard InChI is InChI=1S/C11H11NO2S2/c13-16(14,12-11-7-4-8-15-11)9-10-5-2-1-3-6-10/h1-8,12H,9H2. The first-order valence-electron chi connectivity index (χ1n) is 4.74. The summed E-state index contributed by atoms with van der Waals surface area (Å²) < 4.78 is 26.1. The summed E-state index contributed by atoms with van der Waals surface area (Å²) in [5.41, 5.74) is 0.784. The molecule has 84 valence electrons. The fourth-order valence-corrected chi connectivity index (χ4v) is 3.43. The molecule has 0 amide bonds. The Labute approximate surface area is 98.8 Å². The van der Waals surface area contributed by atoms with E-state index in [9.17, 15) is 8.42 Å². The van der Waals surface area contributed by atoms with Crippen LogP contribution in [0.4, 0.5) is 5.00 Å². The summed E-state index contributed by atoms with van der Waals surface area (Å²) in [4.78, 5) is 0. The van der Waals surface area contributed by atoms with Gasteiger partial charge in [0.05, 0.1) is 5.75 Å². The summed E-state index contributed by atoms with van der Waals surface area (Å²) in [6, 6.07) is 12.7. The third-order valence-electron chi connectivity index (χ3n) is 1.98. The molecule has 1 N–H and O–H groups in total. The molecule has 0 bridgehead atoms. The molecule has 0 aliphatic heterocycles. The van der Waals surface area contributed by atoms with Gasteiger partial charge in [-0.2, -0.15) is 0 Å². The van der Waals surface area contributed by atoms with Gasteiger partial charge in [-0.05, 0) is 23.1 Å². The Bertz CT molecular complexity index is 533. The molecule has 16 heavy (non-hydrogen) atoms. The van der Waals surface area contributed by atoms with Crippen molar-refractivity contribution >= 4 is 26.4 Å². The second kappa shape index (κ2) is 4.67.